The zero-order valence-corrected chi connectivity index (χ0v) is 12.3. The lowest BCUT2D eigenvalue weighted by Gasteiger charge is -2.15. The number of carbonyl (C=O) groups is 1. The van der Waals surface area contributed by atoms with Crippen LogP contribution in [0.2, 0.25) is 0 Å². The number of rotatable bonds is 3. The summed E-state index contributed by atoms with van der Waals surface area (Å²) >= 11 is 1.24. The van der Waals surface area contributed by atoms with Gasteiger partial charge >= 0.3 is 18.5 Å². The van der Waals surface area contributed by atoms with E-state index in [-0.39, 0.29) is 5.56 Å². The minimum absolute atomic E-state index is 0.330. The van der Waals surface area contributed by atoms with Crippen LogP contribution in [0.4, 0.5) is 26.3 Å². The van der Waals surface area contributed by atoms with Crippen LogP contribution >= 0.6 is 22.6 Å². The van der Waals surface area contributed by atoms with Gasteiger partial charge in [-0.25, -0.2) is 4.98 Å². The Balaban J connectivity index is 3.35. The predicted octanol–water partition coefficient (Wildman–Crippen LogP) is 3.32. The highest BCUT2D eigenvalue weighted by Crippen LogP contribution is 2.35. The van der Waals surface area contributed by atoms with Crippen LogP contribution in [-0.4, -0.2) is 24.4 Å². The molecule has 0 aliphatic heterocycles. The smallest absolute Gasteiger partial charge is 0.469 e. The normalized spacial score (nSPS) is 12.2. The molecule has 0 aromatic carbocycles. The van der Waals surface area contributed by atoms with Gasteiger partial charge in [-0.1, -0.05) is 0 Å². The van der Waals surface area contributed by atoms with E-state index < -0.39 is 40.1 Å². The molecule has 0 fully saturated rings. The van der Waals surface area contributed by atoms with Crippen LogP contribution in [0.25, 0.3) is 0 Å². The molecule has 1 aromatic rings. The first-order valence-corrected chi connectivity index (χ1v) is 6.11. The van der Waals surface area contributed by atoms with Crippen molar-refractivity contribution in [3.8, 4) is 5.88 Å². The quantitative estimate of drug-likeness (QED) is 0.421. The Bertz CT molecular complexity index is 543. The highest BCUT2D eigenvalue weighted by atomic mass is 127. The molecule has 0 bridgehead atoms. The fourth-order valence-corrected chi connectivity index (χ4v) is 2.04. The lowest BCUT2D eigenvalue weighted by molar-refractivity contribution is -0.276. The zero-order chi connectivity index (χ0) is 16.4. The van der Waals surface area contributed by atoms with E-state index in [2.05, 4.69) is 14.5 Å². The molecule has 21 heavy (non-hydrogen) atoms. The van der Waals surface area contributed by atoms with E-state index in [1.807, 2.05) is 0 Å². The summed E-state index contributed by atoms with van der Waals surface area (Å²) in [6, 6.07) is 0.613. The molecule has 0 aliphatic carbocycles. The van der Waals surface area contributed by atoms with Gasteiger partial charge in [-0.3, -0.25) is 4.79 Å². The SMILES string of the molecule is COC(=O)Cc1cc(OC(F)(F)F)nc(C(F)(F)F)c1I. The second-order valence-electron chi connectivity index (χ2n) is 3.58. The second-order valence-corrected chi connectivity index (χ2v) is 4.66. The maximum Gasteiger partial charge on any atom is 0.574 e. The van der Waals surface area contributed by atoms with E-state index in [0.29, 0.717) is 6.07 Å². The number of nitrogens with zero attached hydrogens (tertiary/aromatic N) is 1. The molecule has 1 rings (SSSR count). The molecule has 118 valence electrons. The van der Waals surface area contributed by atoms with Crippen molar-refractivity contribution in [1.82, 2.24) is 4.98 Å². The summed E-state index contributed by atoms with van der Waals surface area (Å²) in [4.78, 5) is 13.9. The van der Waals surface area contributed by atoms with Crippen LogP contribution in [0.3, 0.4) is 0 Å². The van der Waals surface area contributed by atoms with Gasteiger partial charge in [-0.15, -0.1) is 13.2 Å². The Hall–Kier alpha value is -1.27. The number of carbonyl (C=O) groups excluding carboxylic acids is 1. The Labute approximate surface area is 127 Å². The molecule has 1 aromatic heterocycles. The number of hydrogen-bond acceptors (Lipinski definition) is 4. The standard InChI is InChI=1S/C10H6F6INO3/c1-20-6(19)3-4-2-5(21-10(14,15)16)18-8(7(4)17)9(11,12)13/h2H,3H2,1H3. The number of hydrogen-bond donors (Lipinski definition) is 0. The minimum atomic E-state index is -5.20. The number of methoxy groups -OCH3 is 1. The lowest BCUT2D eigenvalue weighted by atomic mass is 10.1. The predicted molar refractivity (Wildman–Crippen MR) is 64.4 cm³/mol. The van der Waals surface area contributed by atoms with Gasteiger partial charge < -0.3 is 9.47 Å². The Morgan fingerprint density at radius 2 is 1.86 bits per heavy atom. The van der Waals surface area contributed by atoms with Gasteiger partial charge in [0, 0.05) is 9.64 Å². The molecule has 1 heterocycles. The molecule has 0 unspecified atom stereocenters. The molecule has 0 aliphatic rings. The Morgan fingerprint density at radius 3 is 2.29 bits per heavy atom. The third-order valence-electron chi connectivity index (χ3n) is 2.06. The molecule has 0 saturated heterocycles. The van der Waals surface area contributed by atoms with E-state index in [1.54, 1.807) is 0 Å². The summed E-state index contributed by atoms with van der Waals surface area (Å²) in [7, 11) is 0.994. The Morgan fingerprint density at radius 1 is 1.29 bits per heavy atom. The van der Waals surface area contributed by atoms with E-state index >= 15 is 0 Å². The van der Waals surface area contributed by atoms with Crippen molar-refractivity contribution in [2.75, 3.05) is 7.11 Å². The number of esters is 1. The summed E-state index contributed by atoms with van der Waals surface area (Å²) in [6.07, 6.45) is -10.8. The van der Waals surface area contributed by atoms with Crippen molar-refractivity contribution in [3.63, 3.8) is 0 Å². The number of pyridine rings is 1. The van der Waals surface area contributed by atoms with Crippen LogP contribution in [-0.2, 0) is 22.1 Å². The molecule has 0 saturated carbocycles. The van der Waals surface area contributed by atoms with Crippen LogP contribution in [0, 0.1) is 3.57 Å². The molecule has 11 heteroatoms. The van der Waals surface area contributed by atoms with E-state index in [0.717, 1.165) is 7.11 Å². The third-order valence-corrected chi connectivity index (χ3v) is 3.26. The van der Waals surface area contributed by atoms with Crippen molar-refractivity contribution in [3.05, 3.63) is 20.9 Å². The van der Waals surface area contributed by atoms with Gasteiger partial charge in [-0.2, -0.15) is 13.2 Å². The van der Waals surface area contributed by atoms with Crippen molar-refractivity contribution >= 4 is 28.6 Å². The monoisotopic (exact) mass is 429 g/mol. The Kier molecular flexibility index (Phi) is 5.28. The van der Waals surface area contributed by atoms with Gasteiger partial charge in [0.2, 0.25) is 5.88 Å². The van der Waals surface area contributed by atoms with Gasteiger partial charge in [-0.05, 0) is 28.2 Å². The number of aromatic nitrogens is 1. The number of halogens is 7. The lowest BCUT2D eigenvalue weighted by Crippen LogP contribution is -2.21. The van der Waals surface area contributed by atoms with Gasteiger partial charge in [0.25, 0.3) is 0 Å². The highest BCUT2D eigenvalue weighted by Gasteiger charge is 2.39. The fraction of sp³-hybridized carbons (Fsp3) is 0.400. The summed E-state index contributed by atoms with van der Waals surface area (Å²) < 4.78 is 81.7. The largest absolute Gasteiger partial charge is 0.574 e. The van der Waals surface area contributed by atoms with Crippen molar-refractivity contribution in [2.45, 2.75) is 19.0 Å². The van der Waals surface area contributed by atoms with Crippen LogP contribution in [0.1, 0.15) is 11.3 Å². The van der Waals surface area contributed by atoms with Gasteiger partial charge in [0.05, 0.1) is 13.5 Å². The second kappa shape index (κ2) is 6.23. The third kappa shape index (κ3) is 5.21. The van der Waals surface area contributed by atoms with Crippen LogP contribution in [0.15, 0.2) is 6.07 Å². The first-order chi connectivity index (χ1) is 9.44. The van der Waals surface area contributed by atoms with Crippen LogP contribution in [0.5, 0.6) is 5.88 Å². The molecular weight excluding hydrogens is 423 g/mol. The number of ether oxygens (including phenoxy) is 2. The fourth-order valence-electron chi connectivity index (χ4n) is 1.27. The maximum absolute atomic E-state index is 12.7. The van der Waals surface area contributed by atoms with Crippen molar-refractivity contribution in [1.29, 1.82) is 0 Å². The van der Waals surface area contributed by atoms with Crippen molar-refractivity contribution in [2.24, 2.45) is 0 Å². The van der Waals surface area contributed by atoms with Crippen molar-refractivity contribution < 1.29 is 40.6 Å². The van der Waals surface area contributed by atoms with E-state index in [9.17, 15) is 31.1 Å². The van der Waals surface area contributed by atoms with E-state index in [4.69, 9.17) is 0 Å². The maximum atomic E-state index is 12.7. The first kappa shape index (κ1) is 17.8. The molecule has 0 radical (unpaired) electrons. The van der Waals surface area contributed by atoms with E-state index in [1.165, 1.54) is 22.6 Å². The average Bonchev–Trinajstić information content (AvgIpc) is 2.29. The minimum Gasteiger partial charge on any atom is -0.469 e. The zero-order valence-electron chi connectivity index (χ0n) is 10.1. The average molecular weight is 429 g/mol. The first-order valence-electron chi connectivity index (χ1n) is 5.03. The summed E-state index contributed by atoms with van der Waals surface area (Å²) in [6.45, 7) is 0. The molecule has 0 N–H and O–H groups in total. The van der Waals surface area contributed by atoms with Gasteiger partial charge in [0.1, 0.15) is 0 Å². The summed E-state index contributed by atoms with van der Waals surface area (Å²) in [5.41, 5.74) is -1.90. The molecular formula is C10H6F6INO3. The topological polar surface area (TPSA) is 48.4 Å². The van der Waals surface area contributed by atoms with Gasteiger partial charge in [0.15, 0.2) is 5.69 Å². The summed E-state index contributed by atoms with van der Waals surface area (Å²) in [5.74, 6) is -2.21. The molecule has 0 spiro atoms. The van der Waals surface area contributed by atoms with Crippen LogP contribution < -0.4 is 4.74 Å². The molecule has 0 atom stereocenters. The highest BCUT2D eigenvalue weighted by molar-refractivity contribution is 14.1. The number of alkyl halides is 6. The molecule has 0 amide bonds. The summed E-state index contributed by atoms with van der Waals surface area (Å²) in [5, 5.41) is 0. The molecule has 4 nitrogen and oxygen atoms in total.